The maximum Gasteiger partial charge on any atom is 0.191 e. The number of hydrogen-bond acceptors (Lipinski definition) is 2. The van der Waals surface area contributed by atoms with E-state index in [1.807, 2.05) is 18.8 Å². The average Bonchev–Trinajstić information content (AvgIpc) is 2.32. The lowest BCUT2D eigenvalue weighted by molar-refractivity contribution is 0.255. The number of nitrogens with zero attached hydrogens (tertiary/aromatic N) is 1. The lowest BCUT2D eigenvalue weighted by atomic mass is 9.80. The van der Waals surface area contributed by atoms with Crippen molar-refractivity contribution in [2.75, 3.05) is 25.6 Å². The topological polar surface area (TPSA) is 36.4 Å². The van der Waals surface area contributed by atoms with Crippen LogP contribution in [0.2, 0.25) is 0 Å². The van der Waals surface area contributed by atoms with Crippen LogP contribution in [0.15, 0.2) is 4.99 Å². The fourth-order valence-electron chi connectivity index (χ4n) is 2.88. The number of hydrogen-bond donors (Lipinski definition) is 2. The zero-order valence-corrected chi connectivity index (χ0v) is 13.1. The van der Waals surface area contributed by atoms with E-state index in [9.17, 15) is 0 Å². The number of thioether (sulfide) groups is 1. The Morgan fingerprint density at radius 1 is 1.22 bits per heavy atom. The summed E-state index contributed by atoms with van der Waals surface area (Å²) in [5.41, 5.74) is 0. The van der Waals surface area contributed by atoms with Crippen LogP contribution in [0.5, 0.6) is 0 Å². The van der Waals surface area contributed by atoms with Crippen molar-refractivity contribution in [2.24, 2.45) is 16.8 Å². The Morgan fingerprint density at radius 3 is 2.44 bits per heavy atom. The molecular weight excluding hydrogens is 242 g/mol. The van der Waals surface area contributed by atoms with E-state index in [-0.39, 0.29) is 0 Å². The van der Waals surface area contributed by atoms with Crippen molar-refractivity contribution in [3.05, 3.63) is 0 Å². The van der Waals surface area contributed by atoms with E-state index < -0.39 is 0 Å². The third kappa shape index (κ3) is 5.98. The molecule has 0 aromatic heterocycles. The van der Waals surface area contributed by atoms with Crippen LogP contribution in [0.25, 0.3) is 0 Å². The first kappa shape index (κ1) is 15.7. The minimum atomic E-state index is 0.593. The molecule has 1 aliphatic carbocycles. The highest BCUT2D eigenvalue weighted by Crippen LogP contribution is 2.28. The second kappa shape index (κ2) is 8.68. The van der Waals surface area contributed by atoms with Crippen LogP contribution >= 0.6 is 11.8 Å². The lowest BCUT2D eigenvalue weighted by Crippen LogP contribution is -2.46. The molecule has 1 rings (SSSR count). The fourth-order valence-corrected chi connectivity index (χ4v) is 3.31. The summed E-state index contributed by atoms with van der Waals surface area (Å²) in [4.78, 5) is 4.32. The van der Waals surface area contributed by atoms with Gasteiger partial charge in [0.15, 0.2) is 5.96 Å². The molecule has 0 aliphatic heterocycles. The van der Waals surface area contributed by atoms with E-state index in [1.54, 1.807) is 0 Å². The van der Waals surface area contributed by atoms with E-state index in [0.717, 1.165) is 24.3 Å². The lowest BCUT2D eigenvalue weighted by Gasteiger charge is -2.32. The zero-order chi connectivity index (χ0) is 13.4. The van der Waals surface area contributed by atoms with Crippen molar-refractivity contribution < 1.29 is 0 Å². The Hall–Kier alpha value is -0.380. The molecule has 0 bridgehead atoms. The summed E-state index contributed by atoms with van der Waals surface area (Å²) >= 11 is 1.90. The smallest absolute Gasteiger partial charge is 0.191 e. The maximum atomic E-state index is 4.32. The van der Waals surface area contributed by atoms with Crippen LogP contribution in [-0.2, 0) is 0 Å². The molecule has 0 aromatic carbocycles. The van der Waals surface area contributed by atoms with E-state index in [4.69, 9.17) is 0 Å². The van der Waals surface area contributed by atoms with Gasteiger partial charge in [-0.05, 0) is 49.5 Å². The second-order valence-corrected chi connectivity index (χ2v) is 6.59. The summed E-state index contributed by atoms with van der Waals surface area (Å²) in [5.74, 6) is 3.85. The van der Waals surface area contributed by atoms with Gasteiger partial charge in [0.2, 0.25) is 0 Å². The highest BCUT2D eigenvalue weighted by Gasteiger charge is 2.24. The van der Waals surface area contributed by atoms with Gasteiger partial charge in [-0.25, -0.2) is 0 Å². The minimum absolute atomic E-state index is 0.593. The monoisotopic (exact) mass is 271 g/mol. The molecule has 0 amide bonds. The van der Waals surface area contributed by atoms with Gasteiger partial charge >= 0.3 is 0 Å². The summed E-state index contributed by atoms with van der Waals surface area (Å²) in [6.45, 7) is 5.73. The molecule has 0 radical (unpaired) electrons. The van der Waals surface area contributed by atoms with Crippen LogP contribution in [-0.4, -0.2) is 37.6 Å². The Balaban J connectivity index is 2.29. The summed E-state index contributed by atoms with van der Waals surface area (Å²) in [5, 5.41) is 6.98. The maximum absolute atomic E-state index is 4.32. The molecule has 1 saturated carbocycles. The van der Waals surface area contributed by atoms with Crippen molar-refractivity contribution in [1.29, 1.82) is 0 Å². The Labute approximate surface area is 117 Å². The summed E-state index contributed by atoms with van der Waals surface area (Å²) < 4.78 is 0. The van der Waals surface area contributed by atoms with Crippen molar-refractivity contribution in [1.82, 2.24) is 10.6 Å². The number of rotatable bonds is 5. The average molecular weight is 271 g/mol. The molecule has 3 nitrogen and oxygen atoms in total. The summed E-state index contributed by atoms with van der Waals surface area (Å²) in [7, 11) is 1.86. The Morgan fingerprint density at radius 2 is 1.89 bits per heavy atom. The second-order valence-electron chi connectivity index (χ2n) is 5.60. The molecule has 18 heavy (non-hydrogen) atoms. The van der Waals surface area contributed by atoms with Gasteiger partial charge in [0, 0.05) is 19.6 Å². The zero-order valence-electron chi connectivity index (χ0n) is 12.3. The van der Waals surface area contributed by atoms with E-state index in [2.05, 4.69) is 35.7 Å². The minimum Gasteiger partial charge on any atom is -0.356 e. The van der Waals surface area contributed by atoms with Gasteiger partial charge in [0.05, 0.1) is 0 Å². The van der Waals surface area contributed by atoms with Gasteiger partial charge in [-0.3, -0.25) is 4.99 Å². The van der Waals surface area contributed by atoms with Crippen molar-refractivity contribution in [3.8, 4) is 0 Å². The first-order chi connectivity index (χ1) is 8.65. The highest BCUT2D eigenvalue weighted by atomic mass is 32.2. The normalized spacial score (nSPS) is 29.1. The predicted octanol–water partition coefficient (Wildman–Crippen LogP) is 2.73. The summed E-state index contributed by atoms with van der Waals surface area (Å²) in [6.07, 6.45) is 7.26. The molecule has 0 saturated heterocycles. The van der Waals surface area contributed by atoms with Crippen LogP contribution in [0, 0.1) is 11.8 Å². The van der Waals surface area contributed by atoms with E-state index in [1.165, 1.54) is 31.4 Å². The van der Waals surface area contributed by atoms with Gasteiger partial charge in [0.1, 0.15) is 0 Å². The number of guanidine groups is 1. The Bertz CT molecular complexity index is 245. The molecule has 0 spiro atoms. The molecule has 4 heteroatoms. The van der Waals surface area contributed by atoms with Gasteiger partial charge in [-0.15, -0.1) is 0 Å². The molecule has 106 valence electrons. The van der Waals surface area contributed by atoms with Crippen LogP contribution in [0.1, 0.15) is 39.5 Å². The van der Waals surface area contributed by atoms with Crippen LogP contribution < -0.4 is 10.6 Å². The molecule has 2 N–H and O–H groups in total. The van der Waals surface area contributed by atoms with Gasteiger partial charge in [-0.1, -0.05) is 13.8 Å². The van der Waals surface area contributed by atoms with Crippen LogP contribution in [0.4, 0.5) is 0 Å². The Kier molecular flexibility index (Phi) is 7.56. The molecule has 1 fully saturated rings. The van der Waals surface area contributed by atoms with Gasteiger partial charge < -0.3 is 10.6 Å². The molecule has 1 aliphatic rings. The highest BCUT2D eigenvalue weighted by molar-refractivity contribution is 7.98. The predicted molar refractivity (Wildman–Crippen MR) is 83.5 cm³/mol. The van der Waals surface area contributed by atoms with Crippen LogP contribution in [0.3, 0.4) is 0 Å². The van der Waals surface area contributed by atoms with Gasteiger partial charge in [-0.2, -0.15) is 11.8 Å². The number of aliphatic imine (C=N–C) groups is 1. The third-order valence-corrected chi connectivity index (χ3v) is 4.26. The standard InChI is InChI=1S/C14H29N3S/c1-11-8-12(2)10-13(9-11)17-14(15-3)16-6-5-7-18-4/h11-13H,5-10H2,1-4H3,(H2,15,16,17). The quantitative estimate of drug-likeness (QED) is 0.458. The van der Waals surface area contributed by atoms with E-state index in [0.29, 0.717) is 6.04 Å². The first-order valence-electron chi connectivity index (χ1n) is 7.11. The van der Waals surface area contributed by atoms with E-state index >= 15 is 0 Å². The molecule has 0 heterocycles. The first-order valence-corrected chi connectivity index (χ1v) is 8.51. The van der Waals surface area contributed by atoms with Crippen molar-refractivity contribution in [2.45, 2.75) is 45.6 Å². The van der Waals surface area contributed by atoms with Gasteiger partial charge in [0.25, 0.3) is 0 Å². The molecular formula is C14H29N3S. The largest absolute Gasteiger partial charge is 0.356 e. The molecule has 0 aromatic rings. The molecule has 2 atom stereocenters. The summed E-state index contributed by atoms with van der Waals surface area (Å²) in [6, 6.07) is 0.593. The van der Waals surface area contributed by atoms with Crippen molar-refractivity contribution >= 4 is 17.7 Å². The number of nitrogens with one attached hydrogen (secondary N) is 2. The third-order valence-electron chi connectivity index (χ3n) is 3.56. The van der Waals surface area contributed by atoms with Crippen molar-refractivity contribution in [3.63, 3.8) is 0 Å². The SMILES string of the molecule is CN=C(NCCCSC)NC1CC(C)CC(C)C1. The fraction of sp³-hybridized carbons (Fsp3) is 0.929. The molecule has 2 unspecified atom stereocenters.